The van der Waals surface area contributed by atoms with Gasteiger partial charge in [-0.3, -0.25) is 14.4 Å². The molecular weight excluding hydrogens is 1010 g/mol. The average molecular weight is 1060 g/mol. The monoisotopic (exact) mass is 1060 g/mol. The number of aromatic nitrogens is 2. The molecule has 0 aliphatic carbocycles. The third-order valence-corrected chi connectivity index (χ3v) is 9.89. The Kier molecular flexibility index (Phi) is 17.1. The summed E-state index contributed by atoms with van der Waals surface area (Å²) < 4.78 is 22.8. The predicted molar refractivity (Wildman–Crippen MR) is 256 cm³/mol. The van der Waals surface area contributed by atoms with E-state index in [0.717, 1.165) is 35.3 Å². The lowest BCUT2D eigenvalue weighted by Crippen LogP contribution is -2.21. The molecule has 0 spiro atoms. The molecule has 1 aromatic heterocycles. The van der Waals surface area contributed by atoms with E-state index in [1.165, 1.54) is 0 Å². The summed E-state index contributed by atoms with van der Waals surface area (Å²) in [6.45, 7) is 0. The summed E-state index contributed by atoms with van der Waals surface area (Å²) in [5, 5.41) is 8.89. The first-order valence-corrected chi connectivity index (χ1v) is 20.1. The van der Waals surface area contributed by atoms with Gasteiger partial charge >= 0.3 is 0 Å². The fourth-order valence-corrected chi connectivity index (χ4v) is 6.94. The van der Waals surface area contributed by atoms with E-state index in [4.69, 9.17) is 35.4 Å². The Balaban J connectivity index is 0.000000215. The van der Waals surface area contributed by atoms with E-state index >= 15 is 0 Å². The number of rotatable bonds is 8. The van der Waals surface area contributed by atoms with Gasteiger partial charge in [-0.05, 0) is 106 Å². The van der Waals surface area contributed by atoms with Crippen LogP contribution in [0.25, 0.3) is 11.3 Å². The summed E-state index contributed by atoms with van der Waals surface area (Å²) in [6.07, 6.45) is 3.75. The number of nitrogens with one attached hydrogen (secondary N) is 3. The fraction of sp³-hybridized carbons (Fsp3) is 0.209. The Hall–Kier alpha value is -6.16. The van der Waals surface area contributed by atoms with Crippen LogP contribution >= 0.6 is 45.2 Å². The number of carbonyl (C=O) groups is 3. The maximum Gasteiger partial charge on any atom is 0.229 e. The molecule has 61 heavy (non-hydrogen) atoms. The lowest BCUT2D eigenvalue weighted by Gasteiger charge is -2.12. The number of halogens is 2. The van der Waals surface area contributed by atoms with Crippen molar-refractivity contribution in [2.75, 3.05) is 58.5 Å². The highest BCUT2D eigenvalue weighted by atomic mass is 127. The van der Waals surface area contributed by atoms with Crippen molar-refractivity contribution in [3.8, 4) is 34.3 Å². The van der Waals surface area contributed by atoms with Crippen molar-refractivity contribution in [1.29, 1.82) is 0 Å². The maximum absolute atomic E-state index is 12.4. The number of ketones is 1. The van der Waals surface area contributed by atoms with Crippen molar-refractivity contribution in [2.24, 2.45) is 16.5 Å². The van der Waals surface area contributed by atoms with Gasteiger partial charge in [0.2, 0.25) is 17.8 Å². The number of benzene rings is 4. The van der Waals surface area contributed by atoms with Crippen LogP contribution < -0.4 is 46.4 Å². The first kappa shape index (κ1) is 47.5. The molecule has 5 aromatic rings. The van der Waals surface area contributed by atoms with Crippen LogP contribution in [0.15, 0.2) is 95.8 Å². The van der Waals surface area contributed by atoms with Gasteiger partial charge in [-0.1, -0.05) is 7.43 Å². The quantitative estimate of drug-likeness (QED) is 0.0441. The van der Waals surface area contributed by atoms with Crippen LogP contribution in [0, 0.1) is 7.14 Å². The molecule has 0 saturated carbocycles. The highest BCUT2D eigenvalue weighted by Gasteiger charge is 2.25. The predicted octanol–water partition coefficient (Wildman–Crippen LogP) is 7.51. The second-order valence-electron chi connectivity index (χ2n) is 13.1. The number of aliphatic imine (C=N–C) groups is 1. The zero-order chi connectivity index (χ0) is 43.5. The molecule has 0 bridgehead atoms. The number of carbonyl (C=O) groups excluding carboxylic acids is 3. The van der Waals surface area contributed by atoms with Gasteiger partial charge in [0.05, 0.1) is 64.0 Å². The number of methoxy groups -OCH3 is 4. The largest absolute Gasteiger partial charge is 0.493 e. The number of amides is 2. The van der Waals surface area contributed by atoms with Crippen molar-refractivity contribution in [1.82, 2.24) is 14.9 Å². The molecule has 2 aliphatic rings. The Labute approximate surface area is 381 Å². The fourth-order valence-electron chi connectivity index (χ4n) is 5.95. The van der Waals surface area contributed by atoms with Crippen LogP contribution in [0.2, 0.25) is 0 Å². The smallest absolute Gasteiger partial charge is 0.229 e. The lowest BCUT2D eigenvalue weighted by molar-refractivity contribution is -0.116. The Morgan fingerprint density at radius 2 is 1.31 bits per heavy atom. The van der Waals surface area contributed by atoms with E-state index in [-0.39, 0.29) is 43.8 Å². The van der Waals surface area contributed by atoms with Crippen LogP contribution in [0.3, 0.4) is 0 Å². The first-order chi connectivity index (χ1) is 28.7. The molecule has 18 heteroatoms. The van der Waals surface area contributed by atoms with Crippen molar-refractivity contribution in [2.45, 2.75) is 20.3 Å². The average Bonchev–Trinajstić information content (AvgIpc) is 3.42. The molecule has 7 N–H and O–H groups in total. The van der Waals surface area contributed by atoms with Crippen molar-refractivity contribution >= 4 is 97.4 Å². The van der Waals surface area contributed by atoms with E-state index in [1.54, 1.807) is 76.1 Å². The topological polar surface area (TPSA) is 218 Å². The highest BCUT2D eigenvalue weighted by molar-refractivity contribution is 14.1. The van der Waals surface area contributed by atoms with E-state index in [2.05, 4.69) is 71.1 Å². The van der Waals surface area contributed by atoms with E-state index in [0.29, 0.717) is 51.5 Å². The SMILES string of the molecule is C.CN(C)/C=C1/CC(=O)Nc2ccc(I)cc2C1=O.COc1ccc(N=C(N)N)cc1OC.COc1ccc(Nc2ncc3c(n2)-c2cc(I)ccc2NC(=O)C3)cc1OC. The number of anilines is 4. The third-order valence-electron chi connectivity index (χ3n) is 8.55. The number of Topliss-reactive ketones (excluding diaryl/α,β-unsaturated/α-hetero) is 1. The Bertz CT molecular complexity index is 2470. The lowest BCUT2D eigenvalue weighted by atomic mass is 10.0. The van der Waals surface area contributed by atoms with E-state index in [9.17, 15) is 14.4 Å². The molecule has 16 nitrogen and oxygen atoms in total. The molecule has 0 saturated heterocycles. The van der Waals surface area contributed by atoms with E-state index in [1.807, 2.05) is 56.6 Å². The molecule has 4 aromatic carbocycles. The number of hydrogen-bond donors (Lipinski definition) is 5. The first-order valence-electron chi connectivity index (χ1n) is 18.0. The summed E-state index contributed by atoms with van der Waals surface area (Å²) in [7, 11) is 9.96. The Morgan fingerprint density at radius 1 is 0.754 bits per heavy atom. The maximum atomic E-state index is 12.4. The van der Waals surface area contributed by atoms with Gasteiger partial charge in [-0.2, -0.15) is 0 Å². The summed E-state index contributed by atoms with van der Waals surface area (Å²) in [6, 6.07) is 21.9. The van der Waals surface area contributed by atoms with Crippen LogP contribution in [-0.2, 0) is 16.0 Å². The second-order valence-corrected chi connectivity index (χ2v) is 15.6. The molecule has 0 unspecified atom stereocenters. The zero-order valence-corrected chi connectivity index (χ0v) is 37.9. The Morgan fingerprint density at radius 3 is 1.90 bits per heavy atom. The molecule has 0 fully saturated rings. The van der Waals surface area contributed by atoms with Gasteiger partial charge in [0.1, 0.15) is 0 Å². The molecule has 0 radical (unpaired) electrons. The number of guanidine groups is 1. The molecule has 320 valence electrons. The van der Waals surface area contributed by atoms with Gasteiger partial charge in [0.25, 0.3) is 0 Å². The van der Waals surface area contributed by atoms with Gasteiger partial charge in [-0.25, -0.2) is 15.0 Å². The standard InChI is InChI=1S/C20H17IN4O3.C13H13IN2O2.C9H13N3O2.CH4/c1-27-16-6-4-13(9-17(16)28-2)23-20-22-10-11-7-18(26)24-15-5-3-12(21)8-14(15)19(11)25-20;1-16(2)7-8-5-12(17)15-11-4-3-9(14)6-10(11)13(8)18;1-13-7-4-3-6(12-9(10)11)5-8(7)14-2;/h3-6,8-10H,7H2,1-2H3,(H,24,26)(H,22,23,25);3-4,6-7H,5H2,1-2H3,(H,15,17);3-5H,1-2H3,(H4,10,11,12);1H4/b;8-7-;;. The van der Waals surface area contributed by atoms with Gasteiger partial charge in [0.15, 0.2) is 34.7 Å². The van der Waals surface area contributed by atoms with E-state index < -0.39 is 0 Å². The highest BCUT2D eigenvalue weighted by Crippen LogP contribution is 2.36. The minimum absolute atomic E-state index is 0. The number of fused-ring (bicyclic) bond motifs is 4. The number of nitrogens with zero attached hydrogens (tertiary/aromatic N) is 4. The molecule has 2 amide bonds. The summed E-state index contributed by atoms with van der Waals surface area (Å²) in [5.41, 5.74) is 16.7. The summed E-state index contributed by atoms with van der Waals surface area (Å²) in [5.74, 6) is 2.61. The summed E-state index contributed by atoms with van der Waals surface area (Å²) in [4.78, 5) is 51.0. The minimum Gasteiger partial charge on any atom is -0.493 e. The summed E-state index contributed by atoms with van der Waals surface area (Å²) >= 11 is 4.40. The van der Waals surface area contributed by atoms with Gasteiger partial charge in [0, 0.05) is 73.7 Å². The molecule has 0 atom stereocenters. The zero-order valence-electron chi connectivity index (χ0n) is 33.6. The van der Waals surface area contributed by atoms with Crippen molar-refractivity contribution in [3.05, 3.63) is 109 Å². The van der Waals surface area contributed by atoms with Crippen molar-refractivity contribution < 1.29 is 33.3 Å². The number of nitrogens with two attached hydrogens (primary N) is 2. The minimum atomic E-state index is -0.156. The molecular formula is C43H47I2N9O7. The van der Waals surface area contributed by atoms with Crippen molar-refractivity contribution in [3.63, 3.8) is 0 Å². The van der Waals surface area contributed by atoms with Crippen LogP contribution in [0.1, 0.15) is 29.8 Å². The van der Waals surface area contributed by atoms with Crippen LogP contribution in [-0.4, -0.2) is 81.0 Å². The van der Waals surface area contributed by atoms with Gasteiger partial charge < -0.3 is 51.3 Å². The van der Waals surface area contributed by atoms with Crippen LogP contribution in [0.5, 0.6) is 23.0 Å². The molecule has 7 rings (SSSR count). The third kappa shape index (κ3) is 12.7. The molecule has 2 aliphatic heterocycles. The molecule has 3 heterocycles. The number of ether oxygens (including phenoxy) is 4. The van der Waals surface area contributed by atoms with Crippen LogP contribution in [0.4, 0.5) is 28.7 Å². The van der Waals surface area contributed by atoms with Gasteiger partial charge in [-0.15, -0.1) is 0 Å². The second kappa shape index (κ2) is 21.9. The normalized spacial score (nSPS) is 12.9. The number of hydrogen-bond acceptors (Lipinski definition) is 12.